The number of halogens is 7. The Balaban J connectivity index is 0.000000281. The summed E-state index contributed by atoms with van der Waals surface area (Å²) in [7, 11) is -12.2. The first-order valence-corrected chi connectivity index (χ1v) is 20.4. The van der Waals surface area contributed by atoms with Crippen molar-refractivity contribution in [1.29, 1.82) is 0 Å². The predicted molar refractivity (Wildman–Crippen MR) is 198 cm³/mol. The summed E-state index contributed by atoms with van der Waals surface area (Å²) >= 11 is 3.66. The zero-order valence-corrected chi connectivity index (χ0v) is 32.1. The minimum Gasteiger partial charge on any atom is -0.741 e. The van der Waals surface area contributed by atoms with Gasteiger partial charge in [-0.25, -0.2) is 16.8 Å². The maximum atomic E-state index is 10.7. The minimum absolute atomic E-state index is 1.01. The number of aromatic amines is 1. The molecule has 0 saturated heterocycles. The van der Waals surface area contributed by atoms with Gasteiger partial charge in [0.1, 0.15) is 13.1 Å². The van der Waals surface area contributed by atoms with Gasteiger partial charge in [-0.05, 0) is 72.0 Å². The van der Waals surface area contributed by atoms with Crippen LogP contribution in [0.25, 0.3) is 56.5 Å². The number of H-pyrrole nitrogens is 1. The highest BCUT2D eigenvalue weighted by molar-refractivity contribution is 9.10. The summed E-state index contributed by atoms with van der Waals surface area (Å²) in [5.74, 6) is 0. The van der Waals surface area contributed by atoms with Crippen molar-refractivity contribution in [3.05, 3.63) is 118 Å². The molecular formula is C38H30BrF6N3O6S2. The second-order valence-electron chi connectivity index (χ2n) is 12.8. The van der Waals surface area contributed by atoms with Crippen LogP contribution in [-0.4, -0.2) is 41.9 Å². The second kappa shape index (κ2) is 15.7. The molecule has 0 fully saturated rings. The Kier molecular flexibility index (Phi) is 11.5. The van der Waals surface area contributed by atoms with Gasteiger partial charge in [0.25, 0.3) is 0 Å². The standard InChI is InChI=1S/C36H29BrN3.2CHF3O3S/c37-29-16-17-31-30(22-29)28(23-38-31)15-14-27-21-26-7-1-2-10-32(26)40-20-6-9-25-13-12-24-8-5-19-39-18-4-3-11-33(39)34(24)35(25)36(27)40;2*2-1(3,4)8(5,6)7/h1-4,7,10-18,21-23H,5-6,8-9,19-20H2;2*(H,5,6,7)/q+1;;/p-1. The molecule has 0 bridgehead atoms. The number of nitrogens with zero attached hydrogens (tertiary/aromatic N) is 2. The van der Waals surface area contributed by atoms with Crippen LogP contribution in [0.2, 0.25) is 0 Å². The largest absolute Gasteiger partial charge is 0.741 e. The molecule has 5 heterocycles. The van der Waals surface area contributed by atoms with E-state index in [-0.39, 0.29) is 0 Å². The number of hydrogen-bond donors (Lipinski definition) is 1. The zero-order valence-electron chi connectivity index (χ0n) is 28.9. The highest BCUT2D eigenvalue weighted by Gasteiger charge is 2.38. The van der Waals surface area contributed by atoms with Crippen molar-refractivity contribution in [2.24, 2.45) is 0 Å². The predicted octanol–water partition coefficient (Wildman–Crippen LogP) is 8.16. The molecular weight excluding hydrogens is 852 g/mol. The molecule has 3 aromatic carbocycles. The van der Waals surface area contributed by atoms with Crippen LogP contribution in [0.5, 0.6) is 0 Å². The van der Waals surface area contributed by atoms with Gasteiger partial charge in [0.15, 0.2) is 26.4 Å². The third kappa shape index (κ3) is 8.68. The Labute approximate surface area is 325 Å². The zero-order chi connectivity index (χ0) is 40.6. The monoisotopic (exact) mass is 881 g/mol. The van der Waals surface area contributed by atoms with E-state index in [0.29, 0.717) is 0 Å². The van der Waals surface area contributed by atoms with E-state index in [1.54, 1.807) is 0 Å². The van der Waals surface area contributed by atoms with Gasteiger partial charge in [-0.3, -0.25) is 0 Å². The summed E-state index contributed by atoms with van der Waals surface area (Å²) in [4.78, 5) is 3.45. The quantitative estimate of drug-likeness (QED) is 0.0807. The Morgan fingerprint density at radius 1 is 0.714 bits per heavy atom. The van der Waals surface area contributed by atoms with Crippen LogP contribution in [0, 0.1) is 0 Å². The van der Waals surface area contributed by atoms with Gasteiger partial charge in [-0.1, -0.05) is 46.3 Å². The number of pyridine rings is 2. The van der Waals surface area contributed by atoms with E-state index < -0.39 is 31.3 Å². The fourth-order valence-electron chi connectivity index (χ4n) is 6.87. The third-order valence-electron chi connectivity index (χ3n) is 9.25. The fraction of sp³-hybridized carbons (Fsp3) is 0.211. The number of aryl methyl sites for hydroxylation is 4. The van der Waals surface area contributed by atoms with Crippen LogP contribution in [-0.2, 0) is 46.2 Å². The molecule has 294 valence electrons. The average molecular weight is 883 g/mol. The van der Waals surface area contributed by atoms with Gasteiger partial charge in [-0.15, -0.1) is 0 Å². The van der Waals surface area contributed by atoms with Crippen LogP contribution < -0.4 is 9.13 Å². The van der Waals surface area contributed by atoms with Gasteiger partial charge in [-0.2, -0.15) is 35.5 Å². The molecule has 0 radical (unpaired) electrons. The van der Waals surface area contributed by atoms with Crippen LogP contribution in [0.4, 0.5) is 26.3 Å². The highest BCUT2D eigenvalue weighted by atomic mass is 79.9. The SMILES string of the molecule is Brc1ccc2[nH]cc(/C=C/c3cc4ccccc4[n+]4c3-c3c(ccc5c3-c3cccc[n+]3CCC5)CCC4)c2c1.O=S(=O)([O-])C(F)(F)F.O=S(=O)([O-])C(F)(F)F. The molecule has 9 nitrogen and oxygen atoms in total. The first kappa shape index (κ1) is 41.0. The van der Waals surface area contributed by atoms with Crippen molar-refractivity contribution in [3.63, 3.8) is 0 Å². The summed E-state index contributed by atoms with van der Waals surface area (Å²) in [5.41, 5.74) is 2.09. The lowest BCUT2D eigenvalue weighted by Gasteiger charge is -2.15. The number of rotatable bonds is 2. The van der Waals surface area contributed by atoms with Gasteiger partial charge < -0.3 is 14.1 Å². The number of nitrogens with one attached hydrogen (secondary N) is 1. The van der Waals surface area contributed by atoms with Crippen LogP contribution in [0.1, 0.15) is 35.1 Å². The first-order valence-electron chi connectivity index (χ1n) is 16.8. The molecule has 0 aliphatic carbocycles. The molecule has 3 aromatic heterocycles. The first-order chi connectivity index (χ1) is 26.2. The number of aromatic nitrogens is 3. The second-order valence-corrected chi connectivity index (χ2v) is 16.5. The van der Waals surface area contributed by atoms with E-state index in [4.69, 9.17) is 25.9 Å². The number of para-hydroxylation sites is 1. The number of alkyl halides is 6. The molecule has 0 spiro atoms. The molecule has 56 heavy (non-hydrogen) atoms. The molecule has 1 N–H and O–H groups in total. The van der Waals surface area contributed by atoms with E-state index in [2.05, 4.69) is 133 Å². The lowest BCUT2D eigenvalue weighted by Crippen LogP contribution is -2.38. The lowest BCUT2D eigenvalue weighted by molar-refractivity contribution is -0.686. The molecule has 0 unspecified atom stereocenters. The summed E-state index contributed by atoms with van der Waals surface area (Å²) in [6.07, 6.45) is 13.5. The maximum absolute atomic E-state index is 10.7. The van der Waals surface area contributed by atoms with Crippen molar-refractivity contribution < 1.29 is 61.4 Å². The Hall–Kier alpha value is -4.62. The van der Waals surface area contributed by atoms with Crippen molar-refractivity contribution in [2.75, 3.05) is 0 Å². The van der Waals surface area contributed by atoms with E-state index in [1.165, 1.54) is 61.1 Å². The topological polar surface area (TPSA) is 138 Å². The summed E-state index contributed by atoms with van der Waals surface area (Å²) in [5, 5.41) is 2.51. The summed E-state index contributed by atoms with van der Waals surface area (Å²) < 4.78 is 124. The molecule has 8 rings (SSSR count). The van der Waals surface area contributed by atoms with Crippen LogP contribution in [0.3, 0.4) is 0 Å². The lowest BCUT2D eigenvalue weighted by atomic mass is 9.87. The van der Waals surface area contributed by atoms with Gasteiger partial charge in [0.05, 0.1) is 11.1 Å². The fourth-order valence-corrected chi connectivity index (χ4v) is 7.23. The molecule has 2 aliphatic heterocycles. The third-order valence-corrected chi connectivity index (χ3v) is 10.9. The highest BCUT2D eigenvalue weighted by Crippen LogP contribution is 2.41. The van der Waals surface area contributed by atoms with E-state index in [9.17, 15) is 26.3 Å². The summed E-state index contributed by atoms with van der Waals surface area (Å²) in [6.45, 7) is 2.07. The van der Waals surface area contributed by atoms with Crippen molar-refractivity contribution in [1.82, 2.24) is 4.98 Å². The van der Waals surface area contributed by atoms with Crippen molar-refractivity contribution in [2.45, 2.75) is 49.8 Å². The maximum Gasteiger partial charge on any atom is 0.485 e. The summed E-state index contributed by atoms with van der Waals surface area (Å²) in [6, 6.07) is 29.2. The van der Waals surface area contributed by atoms with Gasteiger partial charge >= 0.3 is 11.0 Å². The normalized spacial score (nSPS) is 14.3. The van der Waals surface area contributed by atoms with Crippen molar-refractivity contribution >= 4 is 70.1 Å². The van der Waals surface area contributed by atoms with Crippen LogP contribution in [0.15, 0.2) is 95.7 Å². The molecule has 18 heteroatoms. The Morgan fingerprint density at radius 3 is 1.96 bits per heavy atom. The number of hydrogen-bond acceptors (Lipinski definition) is 6. The van der Waals surface area contributed by atoms with Gasteiger partial charge in [0.2, 0.25) is 16.9 Å². The Morgan fingerprint density at radius 2 is 1.30 bits per heavy atom. The molecule has 6 aromatic rings. The molecule has 0 amide bonds. The molecule has 0 saturated carbocycles. The number of benzene rings is 3. The van der Waals surface area contributed by atoms with Crippen LogP contribution >= 0.6 is 15.9 Å². The Bertz CT molecular complexity index is 2670. The van der Waals surface area contributed by atoms with E-state index >= 15 is 0 Å². The average Bonchev–Trinajstić information content (AvgIpc) is 3.27. The van der Waals surface area contributed by atoms with E-state index in [0.717, 1.165) is 48.8 Å². The molecule has 0 atom stereocenters. The minimum atomic E-state index is -6.09. The smallest absolute Gasteiger partial charge is 0.485 e. The molecule has 2 aliphatic rings. The van der Waals surface area contributed by atoms with Gasteiger partial charge in [0, 0.05) is 63.6 Å². The van der Waals surface area contributed by atoms with E-state index in [1.807, 2.05) is 0 Å². The number of fused-ring (bicyclic) bond motifs is 10. The van der Waals surface area contributed by atoms with Crippen molar-refractivity contribution in [3.8, 4) is 22.5 Å².